The maximum atomic E-state index is 13.7. The third-order valence-corrected chi connectivity index (χ3v) is 8.70. The molecule has 0 amide bonds. The van der Waals surface area contributed by atoms with Gasteiger partial charge >= 0.3 is 19.5 Å². The van der Waals surface area contributed by atoms with Crippen LogP contribution in [0.25, 0.3) is 0 Å². The van der Waals surface area contributed by atoms with Crippen LogP contribution in [-0.2, 0) is 56.5 Å². The molecule has 0 aromatic heterocycles. The molecule has 0 unspecified atom stereocenters. The van der Waals surface area contributed by atoms with Crippen LogP contribution in [0.5, 0.6) is 0 Å². The SMILES string of the molecule is O=C(O)[C@H](C[C@H](OS(=O)(=O)Cc1ccccc1)C(=O)O)CP(=O)(OCc1ccccc1)OCc1ccccc1. The summed E-state index contributed by atoms with van der Waals surface area (Å²) in [5.41, 5.74) is 1.68. The number of hydrogen-bond acceptors (Lipinski definition) is 8. The van der Waals surface area contributed by atoms with Crippen molar-refractivity contribution in [1.29, 1.82) is 0 Å². The van der Waals surface area contributed by atoms with Crippen LogP contribution < -0.4 is 0 Å². The van der Waals surface area contributed by atoms with Crippen molar-refractivity contribution in [2.45, 2.75) is 31.5 Å². The fourth-order valence-corrected chi connectivity index (χ4v) is 6.59. The van der Waals surface area contributed by atoms with Gasteiger partial charge in [-0.1, -0.05) is 91.0 Å². The summed E-state index contributed by atoms with van der Waals surface area (Å²) in [6, 6.07) is 25.4. The first kappa shape index (κ1) is 30.2. The highest BCUT2D eigenvalue weighted by Gasteiger charge is 2.38. The Labute approximate surface area is 226 Å². The van der Waals surface area contributed by atoms with E-state index in [1.807, 2.05) is 0 Å². The lowest BCUT2D eigenvalue weighted by molar-refractivity contribution is -0.148. The van der Waals surface area contributed by atoms with E-state index >= 15 is 0 Å². The molecule has 0 radical (unpaired) electrons. The van der Waals surface area contributed by atoms with E-state index in [2.05, 4.69) is 0 Å². The molecule has 12 heteroatoms. The van der Waals surface area contributed by atoms with E-state index in [1.165, 1.54) is 12.1 Å². The van der Waals surface area contributed by atoms with Crippen LogP contribution in [0, 0.1) is 5.92 Å². The average molecular weight is 577 g/mol. The molecule has 0 saturated heterocycles. The lowest BCUT2D eigenvalue weighted by Gasteiger charge is -2.24. The molecule has 0 saturated carbocycles. The fourth-order valence-electron chi connectivity index (χ4n) is 3.59. The zero-order valence-corrected chi connectivity index (χ0v) is 22.6. The van der Waals surface area contributed by atoms with Crippen molar-refractivity contribution >= 4 is 29.7 Å². The monoisotopic (exact) mass is 576 g/mol. The molecule has 0 fully saturated rings. The lowest BCUT2D eigenvalue weighted by Crippen LogP contribution is -2.33. The second kappa shape index (κ2) is 14.2. The molecule has 2 N–H and O–H groups in total. The van der Waals surface area contributed by atoms with Gasteiger partial charge in [-0.2, -0.15) is 8.42 Å². The predicted octanol–water partition coefficient (Wildman–Crippen LogP) is 4.70. The first-order chi connectivity index (χ1) is 18.6. The molecule has 208 valence electrons. The third-order valence-electron chi connectivity index (χ3n) is 5.56. The zero-order chi connectivity index (χ0) is 28.3. The van der Waals surface area contributed by atoms with Gasteiger partial charge < -0.3 is 19.3 Å². The Morgan fingerprint density at radius 3 is 1.56 bits per heavy atom. The first-order valence-electron chi connectivity index (χ1n) is 11.9. The number of carboxylic acids is 2. The summed E-state index contributed by atoms with van der Waals surface area (Å²) < 4.78 is 54.9. The number of rotatable bonds is 16. The van der Waals surface area contributed by atoms with E-state index in [9.17, 15) is 32.8 Å². The van der Waals surface area contributed by atoms with Gasteiger partial charge in [-0.05, 0) is 23.1 Å². The smallest absolute Gasteiger partial charge is 0.334 e. The molecule has 0 heterocycles. The van der Waals surface area contributed by atoms with E-state index in [4.69, 9.17) is 13.2 Å². The highest BCUT2D eigenvalue weighted by molar-refractivity contribution is 7.85. The lowest BCUT2D eigenvalue weighted by atomic mass is 10.0. The Bertz CT molecular complexity index is 1320. The van der Waals surface area contributed by atoms with E-state index in [1.54, 1.807) is 78.9 Å². The van der Waals surface area contributed by atoms with Gasteiger partial charge in [-0.25, -0.2) is 4.79 Å². The van der Waals surface area contributed by atoms with Gasteiger partial charge in [0.2, 0.25) is 0 Å². The van der Waals surface area contributed by atoms with Crippen LogP contribution >= 0.6 is 7.60 Å². The summed E-state index contributed by atoms with van der Waals surface area (Å²) in [5.74, 6) is -5.40. The molecular formula is C27H29O10PS. The number of aliphatic carboxylic acids is 2. The van der Waals surface area contributed by atoms with Crippen LogP contribution in [0.2, 0.25) is 0 Å². The maximum Gasteiger partial charge on any atom is 0.334 e. The van der Waals surface area contributed by atoms with Crippen LogP contribution in [0.3, 0.4) is 0 Å². The molecule has 0 bridgehead atoms. The van der Waals surface area contributed by atoms with Gasteiger partial charge in [0.1, 0.15) is 5.75 Å². The highest BCUT2D eigenvalue weighted by atomic mass is 32.2. The van der Waals surface area contributed by atoms with Crippen molar-refractivity contribution in [3.05, 3.63) is 108 Å². The second-order valence-corrected chi connectivity index (χ2v) is 12.4. The number of hydrogen-bond donors (Lipinski definition) is 2. The Kier molecular flexibility index (Phi) is 11.0. The van der Waals surface area contributed by atoms with Crippen LogP contribution in [0.4, 0.5) is 0 Å². The average Bonchev–Trinajstić information content (AvgIpc) is 2.91. The van der Waals surface area contributed by atoms with Crippen molar-refractivity contribution in [3.63, 3.8) is 0 Å². The summed E-state index contributed by atoms with van der Waals surface area (Å²) >= 11 is 0. The normalized spacial score (nSPS) is 13.4. The summed E-state index contributed by atoms with van der Waals surface area (Å²) in [6.07, 6.45) is -3.52. The van der Waals surface area contributed by atoms with Crippen LogP contribution in [0.1, 0.15) is 23.1 Å². The minimum Gasteiger partial charge on any atom is -0.481 e. The molecule has 3 rings (SSSR count). The van der Waals surface area contributed by atoms with Gasteiger partial charge in [-0.15, -0.1) is 0 Å². The standard InChI is InChI=1S/C27H29O10PS/c28-26(29)24(16-25(27(30)31)37-39(33,34)20-23-14-8-3-9-15-23)19-38(32,35-17-21-10-4-1-5-11-21)36-18-22-12-6-2-7-13-22/h1-15,24-25H,16-20H2,(H,28,29)(H,30,31)/t24-,25+/m1/s1. The van der Waals surface area contributed by atoms with Gasteiger partial charge in [0, 0.05) is 0 Å². The number of benzene rings is 3. The van der Waals surface area contributed by atoms with Crippen molar-refractivity contribution in [2.75, 3.05) is 6.16 Å². The molecule has 10 nitrogen and oxygen atoms in total. The highest BCUT2D eigenvalue weighted by Crippen LogP contribution is 2.52. The van der Waals surface area contributed by atoms with Crippen molar-refractivity contribution in [3.8, 4) is 0 Å². The van der Waals surface area contributed by atoms with E-state index in [-0.39, 0.29) is 13.2 Å². The van der Waals surface area contributed by atoms with E-state index < -0.39 is 60.0 Å². The first-order valence-corrected chi connectivity index (χ1v) is 15.2. The summed E-state index contributed by atoms with van der Waals surface area (Å²) in [4.78, 5) is 24.0. The maximum absolute atomic E-state index is 13.7. The van der Waals surface area contributed by atoms with Gasteiger partial charge in [0.25, 0.3) is 10.1 Å². The molecule has 3 aromatic carbocycles. The molecule has 39 heavy (non-hydrogen) atoms. The fraction of sp³-hybridized carbons (Fsp3) is 0.259. The minimum atomic E-state index is -4.39. The molecule has 2 atom stereocenters. The van der Waals surface area contributed by atoms with Gasteiger partial charge in [0.05, 0.1) is 25.3 Å². The Morgan fingerprint density at radius 1 is 0.718 bits per heavy atom. The van der Waals surface area contributed by atoms with Gasteiger partial charge in [0.15, 0.2) is 6.10 Å². The summed E-state index contributed by atoms with van der Waals surface area (Å²) in [6.45, 7) is -0.298. The molecule has 0 spiro atoms. The molecule has 0 aliphatic heterocycles. The minimum absolute atomic E-state index is 0.149. The van der Waals surface area contributed by atoms with Crippen molar-refractivity contribution < 1.29 is 46.0 Å². The van der Waals surface area contributed by atoms with E-state index in [0.29, 0.717) is 16.7 Å². The number of carbonyl (C=O) groups is 2. The summed E-state index contributed by atoms with van der Waals surface area (Å²) in [7, 11) is -8.52. The van der Waals surface area contributed by atoms with Crippen LogP contribution in [0.15, 0.2) is 91.0 Å². The Balaban J connectivity index is 1.77. The molecule has 0 aliphatic rings. The number of carboxylic acid groups (broad SMARTS) is 2. The molecular weight excluding hydrogens is 547 g/mol. The molecule has 0 aliphatic carbocycles. The van der Waals surface area contributed by atoms with Crippen molar-refractivity contribution in [2.24, 2.45) is 5.92 Å². The predicted molar refractivity (Wildman–Crippen MR) is 142 cm³/mol. The molecule has 3 aromatic rings. The second-order valence-electron chi connectivity index (χ2n) is 8.69. The largest absolute Gasteiger partial charge is 0.481 e. The van der Waals surface area contributed by atoms with Gasteiger partial charge in [-0.3, -0.25) is 13.5 Å². The Hall–Kier alpha value is -3.34. The van der Waals surface area contributed by atoms with Crippen LogP contribution in [-0.4, -0.2) is 42.8 Å². The third kappa shape index (κ3) is 10.4. The van der Waals surface area contributed by atoms with Crippen molar-refractivity contribution in [1.82, 2.24) is 0 Å². The van der Waals surface area contributed by atoms with E-state index in [0.717, 1.165) is 0 Å². The summed E-state index contributed by atoms with van der Waals surface area (Å²) in [5, 5.41) is 19.5. The topological polar surface area (TPSA) is 154 Å². The Morgan fingerprint density at radius 2 is 1.15 bits per heavy atom. The quantitative estimate of drug-likeness (QED) is 0.181. The zero-order valence-electron chi connectivity index (χ0n) is 20.9.